The maximum Gasteiger partial charge on any atom is 0.332 e. The lowest BCUT2D eigenvalue weighted by Crippen LogP contribution is -2.39. The van der Waals surface area contributed by atoms with Crippen molar-refractivity contribution in [2.45, 2.75) is 32.7 Å². The van der Waals surface area contributed by atoms with Crippen LogP contribution in [0.25, 0.3) is 0 Å². The lowest BCUT2D eigenvalue weighted by atomic mass is 10.1. The first-order valence-electron chi connectivity index (χ1n) is 10.0. The van der Waals surface area contributed by atoms with Crippen molar-refractivity contribution in [2.24, 2.45) is 0 Å². The molecule has 1 atom stereocenters. The highest BCUT2D eigenvalue weighted by atomic mass is 16.5. The Balaban J connectivity index is 1.78. The molecule has 1 N–H and O–H groups in total. The third kappa shape index (κ3) is 4.68. The second-order valence-electron chi connectivity index (χ2n) is 7.30. The van der Waals surface area contributed by atoms with Gasteiger partial charge in [0.25, 0.3) is 5.91 Å². The molecule has 4 amide bonds. The van der Waals surface area contributed by atoms with E-state index in [1.165, 1.54) is 17.6 Å². The number of nitrogens with one attached hydrogen (secondary N) is 1. The van der Waals surface area contributed by atoms with Crippen molar-refractivity contribution in [1.29, 1.82) is 0 Å². The molecule has 1 aliphatic rings. The van der Waals surface area contributed by atoms with Gasteiger partial charge in [0.2, 0.25) is 5.91 Å². The number of rotatable bonds is 8. The molecule has 7 nitrogen and oxygen atoms in total. The van der Waals surface area contributed by atoms with Gasteiger partial charge in [-0.25, -0.2) is 9.69 Å². The predicted molar refractivity (Wildman–Crippen MR) is 115 cm³/mol. The second-order valence-corrected chi connectivity index (χ2v) is 7.30. The van der Waals surface area contributed by atoms with Gasteiger partial charge in [0, 0.05) is 19.3 Å². The zero-order chi connectivity index (χ0) is 21.7. The number of carbonyl (C=O) groups is 3. The topological polar surface area (TPSA) is 79.0 Å². The lowest BCUT2D eigenvalue weighted by Gasteiger charge is -2.21. The van der Waals surface area contributed by atoms with E-state index in [1.807, 2.05) is 37.3 Å². The largest absolute Gasteiger partial charge is 0.383 e. The Morgan fingerprint density at radius 2 is 1.87 bits per heavy atom. The van der Waals surface area contributed by atoms with E-state index in [9.17, 15) is 14.4 Å². The molecule has 0 spiro atoms. The number of amides is 4. The third-order valence-electron chi connectivity index (χ3n) is 5.14. The number of imide groups is 1. The van der Waals surface area contributed by atoms with Crippen molar-refractivity contribution in [1.82, 2.24) is 4.90 Å². The van der Waals surface area contributed by atoms with E-state index in [4.69, 9.17) is 4.74 Å². The van der Waals surface area contributed by atoms with Crippen molar-refractivity contribution in [2.75, 3.05) is 30.5 Å². The number of urea groups is 1. The molecule has 0 aliphatic carbocycles. The molecule has 0 aromatic heterocycles. The van der Waals surface area contributed by atoms with Crippen LogP contribution in [-0.2, 0) is 20.7 Å². The number of methoxy groups -OCH3 is 1. The van der Waals surface area contributed by atoms with E-state index in [0.717, 1.165) is 16.9 Å². The lowest BCUT2D eigenvalue weighted by molar-refractivity contribution is -0.124. The molecule has 1 saturated heterocycles. The maximum atomic E-state index is 13.1. The molecule has 1 aliphatic heterocycles. The van der Waals surface area contributed by atoms with Crippen LogP contribution in [-0.4, -0.2) is 49.0 Å². The van der Waals surface area contributed by atoms with Crippen molar-refractivity contribution in [3.05, 3.63) is 59.7 Å². The number of aryl methyl sites for hydroxylation is 2. The quantitative estimate of drug-likeness (QED) is 0.678. The fraction of sp³-hybridized carbons (Fsp3) is 0.348. The molecular formula is C23H27N3O4. The summed E-state index contributed by atoms with van der Waals surface area (Å²) in [7, 11) is 1.53. The summed E-state index contributed by atoms with van der Waals surface area (Å²) in [5, 5.41) is 2.82. The fourth-order valence-electron chi connectivity index (χ4n) is 3.49. The Bertz CT molecular complexity index is 926. The molecule has 1 heterocycles. The third-order valence-corrected chi connectivity index (χ3v) is 5.14. The van der Waals surface area contributed by atoms with Crippen molar-refractivity contribution < 1.29 is 19.1 Å². The molecule has 0 bridgehead atoms. The molecule has 7 heteroatoms. The summed E-state index contributed by atoms with van der Waals surface area (Å²) < 4.78 is 5.09. The highest BCUT2D eigenvalue weighted by Crippen LogP contribution is 2.27. The summed E-state index contributed by atoms with van der Waals surface area (Å²) in [5.41, 5.74) is 3.27. The Morgan fingerprint density at radius 1 is 1.13 bits per heavy atom. The van der Waals surface area contributed by atoms with Crippen LogP contribution < -0.4 is 10.2 Å². The number of benzene rings is 2. The summed E-state index contributed by atoms with van der Waals surface area (Å²) in [4.78, 5) is 41.3. The minimum absolute atomic E-state index is 0.119. The number of ether oxygens (including phenoxy) is 1. The highest BCUT2D eigenvalue weighted by Gasteiger charge is 2.46. The summed E-state index contributed by atoms with van der Waals surface area (Å²) >= 11 is 0. The monoisotopic (exact) mass is 409 g/mol. The number of nitrogens with zero attached hydrogens (tertiary/aromatic N) is 2. The van der Waals surface area contributed by atoms with Gasteiger partial charge in [0.1, 0.15) is 6.04 Å². The van der Waals surface area contributed by atoms with Gasteiger partial charge in [-0.3, -0.25) is 9.59 Å². The molecule has 0 radical (unpaired) electrons. The van der Waals surface area contributed by atoms with Crippen LogP contribution in [0.4, 0.5) is 16.2 Å². The van der Waals surface area contributed by atoms with E-state index in [1.54, 1.807) is 18.2 Å². The number of anilines is 2. The molecule has 30 heavy (non-hydrogen) atoms. The number of hydrogen-bond acceptors (Lipinski definition) is 4. The van der Waals surface area contributed by atoms with Gasteiger partial charge < -0.3 is 15.0 Å². The number of carbonyl (C=O) groups excluding carboxylic acids is 3. The minimum atomic E-state index is -0.872. The van der Waals surface area contributed by atoms with E-state index < -0.39 is 18.0 Å². The van der Waals surface area contributed by atoms with Crippen LogP contribution in [0.5, 0.6) is 0 Å². The summed E-state index contributed by atoms with van der Waals surface area (Å²) in [6.45, 7) is 4.46. The van der Waals surface area contributed by atoms with E-state index in [-0.39, 0.29) is 25.5 Å². The first-order valence-corrected chi connectivity index (χ1v) is 10.0. The van der Waals surface area contributed by atoms with Crippen molar-refractivity contribution in [3.63, 3.8) is 0 Å². The van der Waals surface area contributed by atoms with E-state index in [0.29, 0.717) is 11.4 Å². The van der Waals surface area contributed by atoms with Gasteiger partial charge in [-0.05, 0) is 48.7 Å². The maximum absolute atomic E-state index is 13.1. The Kier molecular flexibility index (Phi) is 6.84. The van der Waals surface area contributed by atoms with Crippen LogP contribution in [0, 0.1) is 6.92 Å². The van der Waals surface area contributed by atoms with Gasteiger partial charge in [0.15, 0.2) is 0 Å². The smallest absolute Gasteiger partial charge is 0.332 e. The molecule has 1 fully saturated rings. The zero-order valence-electron chi connectivity index (χ0n) is 17.6. The van der Waals surface area contributed by atoms with Crippen molar-refractivity contribution in [3.8, 4) is 0 Å². The van der Waals surface area contributed by atoms with Crippen molar-refractivity contribution >= 4 is 29.2 Å². The fourth-order valence-corrected chi connectivity index (χ4v) is 3.49. The average molecular weight is 409 g/mol. The molecule has 0 saturated carbocycles. The predicted octanol–water partition coefficient (Wildman–Crippen LogP) is 3.37. The Hall–Kier alpha value is -3.19. The van der Waals surface area contributed by atoms with Gasteiger partial charge in [0.05, 0.1) is 18.7 Å². The standard InChI is InChI=1S/C23H27N3O4/c1-4-17-8-10-18(11-9-17)24-21(27)15-20-22(28)26(19-7-5-6-16(2)14-19)23(29)25(20)12-13-30-3/h5-11,14,20H,4,12-13,15H2,1-3H3,(H,24,27)/t20-/m1/s1. The van der Waals surface area contributed by atoms with Gasteiger partial charge in [-0.2, -0.15) is 0 Å². The minimum Gasteiger partial charge on any atom is -0.383 e. The molecule has 2 aromatic rings. The summed E-state index contributed by atoms with van der Waals surface area (Å²) in [6, 6.07) is 13.4. The zero-order valence-corrected chi connectivity index (χ0v) is 17.6. The van der Waals surface area contributed by atoms with Gasteiger partial charge in [-0.1, -0.05) is 31.2 Å². The Morgan fingerprint density at radius 3 is 2.50 bits per heavy atom. The number of hydrogen-bond donors (Lipinski definition) is 1. The van der Waals surface area contributed by atoms with Gasteiger partial charge >= 0.3 is 6.03 Å². The molecule has 2 aromatic carbocycles. The van der Waals surface area contributed by atoms with Crippen LogP contribution in [0.3, 0.4) is 0 Å². The summed E-state index contributed by atoms with van der Waals surface area (Å²) in [6.07, 6.45) is 0.794. The average Bonchev–Trinajstić information content (AvgIpc) is 2.96. The Labute approximate surface area is 176 Å². The first kappa shape index (κ1) is 21.5. The van der Waals surface area contributed by atoms with Crippen LogP contribution in [0.2, 0.25) is 0 Å². The van der Waals surface area contributed by atoms with E-state index in [2.05, 4.69) is 12.2 Å². The van der Waals surface area contributed by atoms with Crippen LogP contribution in [0.1, 0.15) is 24.5 Å². The van der Waals surface area contributed by atoms with Crippen LogP contribution in [0.15, 0.2) is 48.5 Å². The molecule has 0 unspecified atom stereocenters. The van der Waals surface area contributed by atoms with Crippen LogP contribution >= 0.6 is 0 Å². The molecular weight excluding hydrogens is 382 g/mol. The SMILES string of the molecule is CCc1ccc(NC(=O)C[C@@H]2C(=O)N(c3cccc(C)c3)C(=O)N2CCOC)cc1. The molecule has 3 rings (SSSR count). The van der Waals surface area contributed by atoms with E-state index >= 15 is 0 Å². The highest BCUT2D eigenvalue weighted by molar-refractivity contribution is 6.22. The van der Waals surface area contributed by atoms with Gasteiger partial charge in [-0.15, -0.1) is 0 Å². The molecule has 158 valence electrons. The second kappa shape index (κ2) is 9.54. The first-order chi connectivity index (χ1) is 14.4. The normalized spacial score (nSPS) is 16.3. The summed E-state index contributed by atoms with van der Waals surface area (Å²) in [5.74, 6) is -0.725.